The van der Waals surface area contributed by atoms with Gasteiger partial charge in [0.15, 0.2) is 5.82 Å². The number of benzene rings is 2. The molecule has 5 heteroatoms. The van der Waals surface area contributed by atoms with Gasteiger partial charge in [0.1, 0.15) is 0 Å². The van der Waals surface area contributed by atoms with Crippen LogP contribution in [0.4, 0.5) is 0 Å². The van der Waals surface area contributed by atoms with E-state index in [1.54, 1.807) is 0 Å². The average Bonchev–Trinajstić information content (AvgIpc) is 3.11. The summed E-state index contributed by atoms with van der Waals surface area (Å²) in [6.45, 7) is 4.84. The number of rotatable bonds is 4. The van der Waals surface area contributed by atoms with Gasteiger partial charge in [0.2, 0.25) is 0 Å². The molecule has 2 aromatic carbocycles. The first-order valence-corrected chi connectivity index (χ1v) is 8.48. The molecule has 0 N–H and O–H groups in total. The molecule has 24 heavy (non-hydrogen) atoms. The summed E-state index contributed by atoms with van der Waals surface area (Å²) in [5, 5.41) is 12.3. The van der Waals surface area contributed by atoms with Gasteiger partial charge in [-0.05, 0) is 33.5 Å². The Morgan fingerprint density at radius 1 is 0.958 bits per heavy atom. The zero-order chi connectivity index (χ0) is 16.4. The zero-order valence-electron chi connectivity index (χ0n) is 13.8. The van der Waals surface area contributed by atoms with Crippen LogP contribution >= 0.6 is 0 Å². The van der Waals surface area contributed by atoms with Gasteiger partial charge in [-0.2, -0.15) is 0 Å². The second kappa shape index (κ2) is 6.53. The summed E-state index contributed by atoms with van der Waals surface area (Å²) in [6.07, 6.45) is 1.05. The predicted molar refractivity (Wildman–Crippen MR) is 92.3 cm³/mol. The van der Waals surface area contributed by atoms with Crippen LogP contribution in [0.15, 0.2) is 54.6 Å². The summed E-state index contributed by atoms with van der Waals surface area (Å²) in [7, 11) is 0. The summed E-state index contributed by atoms with van der Waals surface area (Å²) in [5.74, 6) is 0.932. The maximum atomic E-state index is 4.31. The van der Waals surface area contributed by atoms with Crippen LogP contribution in [-0.4, -0.2) is 31.7 Å². The van der Waals surface area contributed by atoms with Crippen LogP contribution in [0.5, 0.6) is 0 Å². The Morgan fingerprint density at radius 3 is 2.50 bits per heavy atom. The lowest BCUT2D eigenvalue weighted by atomic mass is 10.00. The second-order valence-corrected chi connectivity index (χ2v) is 6.21. The quantitative estimate of drug-likeness (QED) is 0.742. The normalized spacial score (nSPS) is 17.6. The van der Waals surface area contributed by atoms with Gasteiger partial charge in [0.25, 0.3) is 0 Å². The molecule has 0 radical (unpaired) electrons. The molecule has 1 aliphatic heterocycles. The van der Waals surface area contributed by atoms with Crippen molar-refractivity contribution in [1.29, 1.82) is 0 Å². The summed E-state index contributed by atoms with van der Waals surface area (Å²) in [5.41, 5.74) is 3.91. The highest BCUT2D eigenvalue weighted by Gasteiger charge is 2.31. The summed E-state index contributed by atoms with van der Waals surface area (Å²) < 4.78 is 1.93. The predicted octanol–water partition coefficient (Wildman–Crippen LogP) is 2.84. The molecule has 2 heterocycles. The second-order valence-electron chi connectivity index (χ2n) is 6.21. The molecule has 0 amide bonds. The minimum atomic E-state index is 0.0971. The smallest absolute Gasteiger partial charge is 0.173 e. The zero-order valence-corrected chi connectivity index (χ0v) is 13.8. The molecule has 1 atom stereocenters. The molecule has 0 saturated heterocycles. The largest absolute Gasteiger partial charge is 0.284 e. The van der Waals surface area contributed by atoms with Gasteiger partial charge in [0.05, 0.1) is 12.6 Å². The Balaban J connectivity index is 1.69. The van der Waals surface area contributed by atoms with Crippen molar-refractivity contribution in [2.24, 2.45) is 0 Å². The van der Waals surface area contributed by atoms with Crippen LogP contribution < -0.4 is 0 Å². The standard InChI is InChI=1S/C19H21N5/c1-2-15-8-10-17(11-9-15)18-19-20-21-22-24(19)13-12-23(18)14-16-6-4-3-5-7-16/h3-11,18H,2,12-14H2,1H3. The molecule has 122 valence electrons. The van der Waals surface area contributed by atoms with Gasteiger partial charge >= 0.3 is 0 Å². The van der Waals surface area contributed by atoms with E-state index in [1.165, 1.54) is 16.7 Å². The summed E-state index contributed by atoms with van der Waals surface area (Å²) >= 11 is 0. The Labute approximate surface area is 141 Å². The van der Waals surface area contributed by atoms with Gasteiger partial charge in [-0.15, -0.1) is 5.10 Å². The van der Waals surface area contributed by atoms with Crippen molar-refractivity contribution in [1.82, 2.24) is 25.1 Å². The Hall–Kier alpha value is -2.53. The van der Waals surface area contributed by atoms with Crippen LogP contribution in [0, 0.1) is 0 Å². The van der Waals surface area contributed by atoms with E-state index in [2.05, 4.69) is 81.9 Å². The van der Waals surface area contributed by atoms with Crippen molar-refractivity contribution in [3.8, 4) is 0 Å². The van der Waals surface area contributed by atoms with E-state index in [0.29, 0.717) is 0 Å². The maximum absolute atomic E-state index is 4.31. The number of nitrogens with zero attached hydrogens (tertiary/aromatic N) is 5. The van der Waals surface area contributed by atoms with Crippen LogP contribution in [0.25, 0.3) is 0 Å². The molecular weight excluding hydrogens is 298 g/mol. The van der Waals surface area contributed by atoms with Gasteiger partial charge in [0, 0.05) is 13.1 Å². The van der Waals surface area contributed by atoms with Crippen molar-refractivity contribution >= 4 is 0 Å². The fourth-order valence-electron chi connectivity index (χ4n) is 3.37. The van der Waals surface area contributed by atoms with Gasteiger partial charge in [-0.25, -0.2) is 4.68 Å². The van der Waals surface area contributed by atoms with E-state index in [1.807, 2.05) is 4.68 Å². The number of fused-ring (bicyclic) bond motifs is 1. The molecule has 0 bridgehead atoms. The third kappa shape index (κ3) is 2.83. The molecule has 3 aromatic rings. The Bertz CT molecular complexity index is 794. The highest BCUT2D eigenvalue weighted by atomic mass is 15.6. The topological polar surface area (TPSA) is 46.8 Å². The molecule has 0 fully saturated rings. The lowest BCUT2D eigenvalue weighted by Gasteiger charge is -2.35. The third-order valence-corrected chi connectivity index (χ3v) is 4.70. The van der Waals surface area contributed by atoms with E-state index in [0.717, 1.165) is 31.9 Å². The number of hydrogen-bond donors (Lipinski definition) is 0. The molecule has 4 rings (SSSR count). The molecule has 1 unspecified atom stereocenters. The Kier molecular flexibility index (Phi) is 4.09. The summed E-state index contributed by atoms with van der Waals surface area (Å²) in [4.78, 5) is 2.46. The fourth-order valence-corrected chi connectivity index (χ4v) is 3.37. The number of aryl methyl sites for hydroxylation is 1. The van der Waals surface area contributed by atoms with E-state index < -0.39 is 0 Å². The number of hydrogen-bond acceptors (Lipinski definition) is 4. The van der Waals surface area contributed by atoms with E-state index in [-0.39, 0.29) is 6.04 Å². The molecule has 0 spiro atoms. The number of tetrazole rings is 1. The minimum absolute atomic E-state index is 0.0971. The number of aromatic nitrogens is 4. The van der Waals surface area contributed by atoms with Crippen molar-refractivity contribution in [2.75, 3.05) is 6.54 Å². The lowest BCUT2D eigenvalue weighted by Crippen LogP contribution is -2.38. The van der Waals surface area contributed by atoms with Gasteiger partial charge in [-0.1, -0.05) is 61.5 Å². The average molecular weight is 319 g/mol. The van der Waals surface area contributed by atoms with Crippen LogP contribution in [-0.2, 0) is 19.5 Å². The first kappa shape index (κ1) is 15.0. The van der Waals surface area contributed by atoms with Gasteiger partial charge < -0.3 is 0 Å². The van der Waals surface area contributed by atoms with Crippen molar-refractivity contribution in [3.63, 3.8) is 0 Å². The molecule has 1 aliphatic rings. The molecule has 1 aromatic heterocycles. The first-order chi connectivity index (χ1) is 11.8. The molecule has 0 saturated carbocycles. The third-order valence-electron chi connectivity index (χ3n) is 4.70. The maximum Gasteiger partial charge on any atom is 0.173 e. The highest BCUT2D eigenvalue weighted by molar-refractivity contribution is 5.30. The van der Waals surface area contributed by atoms with E-state index in [4.69, 9.17) is 0 Å². The van der Waals surface area contributed by atoms with Crippen molar-refractivity contribution in [3.05, 3.63) is 77.1 Å². The fraction of sp³-hybridized carbons (Fsp3) is 0.316. The Morgan fingerprint density at radius 2 is 1.75 bits per heavy atom. The van der Waals surface area contributed by atoms with Crippen molar-refractivity contribution < 1.29 is 0 Å². The van der Waals surface area contributed by atoms with Gasteiger partial charge in [-0.3, -0.25) is 4.90 Å². The van der Waals surface area contributed by atoms with Crippen molar-refractivity contribution in [2.45, 2.75) is 32.5 Å². The highest BCUT2D eigenvalue weighted by Crippen LogP contribution is 2.31. The molecule has 0 aliphatic carbocycles. The van der Waals surface area contributed by atoms with Crippen LogP contribution in [0.1, 0.15) is 35.5 Å². The van der Waals surface area contributed by atoms with Crippen LogP contribution in [0.3, 0.4) is 0 Å². The molecular formula is C19H21N5. The van der Waals surface area contributed by atoms with E-state index in [9.17, 15) is 0 Å². The first-order valence-electron chi connectivity index (χ1n) is 8.48. The molecule has 5 nitrogen and oxygen atoms in total. The van der Waals surface area contributed by atoms with E-state index >= 15 is 0 Å². The monoisotopic (exact) mass is 319 g/mol. The SMILES string of the molecule is CCc1ccc(C2c3nnnn3CCN2Cc2ccccc2)cc1. The minimum Gasteiger partial charge on any atom is -0.284 e. The summed E-state index contributed by atoms with van der Waals surface area (Å²) in [6, 6.07) is 19.5. The lowest BCUT2D eigenvalue weighted by molar-refractivity contribution is 0.164. The van der Waals surface area contributed by atoms with Crippen LogP contribution in [0.2, 0.25) is 0 Å².